The zero-order valence-corrected chi connectivity index (χ0v) is 9.10. The Hall–Kier alpha value is -1.60. The van der Waals surface area contributed by atoms with Crippen molar-refractivity contribution in [2.45, 2.75) is 37.8 Å². The number of hydrogen-bond donors (Lipinski definition) is 1. The van der Waals surface area contributed by atoms with Gasteiger partial charge in [0.15, 0.2) is 0 Å². The fourth-order valence-corrected chi connectivity index (χ4v) is 1.96. The summed E-state index contributed by atoms with van der Waals surface area (Å²) < 4.78 is 5.77. The zero-order valence-electron chi connectivity index (χ0n) is 9.10. The molecule has 1 saturated carbocycles. The highest BCUT2D eigenvalue weighted by Gasteiger charge is 2.23. The van der Waals surface area contributed by atoms with E-state index in [0.29, 0.717) is 11.4 Å². The third kappa shape index (κ3) is 2.50. The van der Waals surface area contributed by atoms with Gasteiger partial charge in [-0.2, -0.15) is 5.26 Å². The van der Waals surface area contributed by atoms with Gasteiger partial charge >= 0.3 is 0 Å². The number of nitrogens with zero attached hydrogens (tertiary/aromatic N) is 2. The first-order chi connectivity index (χ1) is 7.79. The summed E-state index contributed by atoms with van der Waals surface area (Å²) in [5.74, 6) is 0.696. The molecule has 2 rings (SSSR count). The second-order valence-electron chi connectivity index (χ2n) is 4.10. The number of ether oxygens (including phenoxy) is 1. The first-order valence-electron chi connectivity index (χ1n) is 5.58. The van der Waals surface area contributed by atoms with Crippen LogP contribution in [0.4, 0.5) is 0 Å². The monoisotopic (exact) mass is 217 g/mol. The Kier molecular flexibility index (Phi) is 3.37. The Morgan fingerprint density at radius 1 is 1.38 bits per heavy atom. The molecule has 1 aliphatic carbocycles. The lowest BCUT2D eigenvalue weighted by molar-refractivity contribution is 0.132. The van der Waals surface area contributed by atoms with Crippen molar-refractivity contribution < 1.29 is 4.74 Å². The van der Waals surface area contributed by atoms with Gasteiger partial charge in [0, 0.05) is 6.04 Å². The van der Waals surface area contributed by atoms with Gasteiger partial charge in [-0.15, -0.1) is 0 Å². The minimum absolute atomic E-state index is 0.0866. The lowest BCUT2D eigenvalue weighted by Gasteiger charge is -2.28. The van der Waals surface area contributed by atoms with E-state index >= 15 is 0 Å². The van der Waals surface area contributed by atoms with E-state index in [2.05, 4.69) is 4.98 Å². The van der Waals surface area contributed by atoms with Crippen LogP contribution in [-0.4, -0.2) is 17.1 Å². The molecule has 1 aromatic heterocycles. The van der Waals surface area contributed by atoms with E-state index in [1.165, 1.54) is 12.8 Å². The predicted molar refractivity (Wildman–Crippen MR) is 59.8 cm³/mol. The molecule has 0 aromatic carbocycles. The lowest BCUT2D eigenvalue weighted by atomic mass is 9.93. The van der Waals surface area contributed by atoms with E-state index in [4.69, 9.17) is 15.7 Å². The first kappa shape index (κ1) is 10.9. The quantitative estimate of drug-likeness (QED) is 0.816. The highest BCUT2D eigenvalue weighted by molar-refractivity contribution is 5.26. The van der Waals surface area contributed by atoms with Crippen LogP contribution in [0.2, 0.25) is 0 Å². The molecular formula is C12H15N3O. The second-order valence-corrected chi connectivity index (χ2v) is 4.10. The molecule has 1 fully saturated rings. The Morgan fingerprint density at radius 2 is 2.19 bits per heavy atom. The molecule has 1 heterocycles. The van der Waals surface area contributed by atoms with Crippen molar-refractivity contribution in [3.05, 3.63) is 24.0 Å². The van der Waals surface area contributed by atoms with Crippen LogP contribution in [0.5, 0.6) is 5.75 Å². The van der Waals surface area contributed by atoms with E-state index in [-0.39, 0.29) is 12.1 Å². The summed E-state index contributed by atoms with van der Waals surface area (Å²) in [6.45, 7) is 0. The highest BCUT2D eigenvalue weighted by Crippen LogP contribution is 2.22. The van der Waals surface area contributed by atoms with E-state index in [0.717, 1.165) is 12.8 Å². The minimum Gasteiger partial charge on any atom is -0.487 e. The number of nitrogens with two attached hydrogens (primary N) is 1. The SMILES string of the molecule is N#Cc1ccc(OC2CCCCC2N)cn1. The molecule has 0 bridgehead atoms. The van der Waals surface area contributed by atoms with Crippen molar-refractivity contribution in [3.63, 3.8) is 0 Å². The molecule has 0 radical (unpaired) electrons. The number of nitriles is 1. The summed E-state index contributed by atoms with van der Waals surface area (Å²) in [6.07, 6.45) is 6.05. The summed E-state index contributed by atoms with van der Waals surface area (Å²) in [7, 11) is 0. The van der Waals surface area contributed by atoms with Crippen molar-refractivity contribution in [1.29, 1.82) is 5.26 Å². The van der Waals surface area contributed by atoms with Crippen LogP contribution in [0, 0.1) is 11.3 Å². The Balaban J connectivity index is 2.00. The van der Waals surface area contributed by atoms with E-state index in [1.807, 2.05) is 6.07 Å². The molecule has 1 aliphatic rings. The minimum atomic E-state index is 0.0866. The molecule has 2 N–H and O–H groups in total. The average Bonchev–Trinajstić information content (AvgIpc) is 2.33. The lowest BCUT2D eigenvalue weighted by Crippen LogP contribution is -2.41. The summed E-state index contributed by atoms with van der Waals surface area (Å²) in [5, 5.41) is 8.62. The average molecular weight is 217 g/mol. The predicted octanol–water partition coefficient (Wildman–Crippen LogP) is 1.60. The van der Waals surface area contributed by atoms with Gasteiger partial charge in [-0.1, -0.05) is 6.42 Å². The van der Waals surface area contributed by atoms with Crippen LogP contribution >= 0.6 is 0 Å². The molecule has 4 heteroatoms. The Bertz CT molecular complexity index is 382. The van der Waals surface area contributed by atoms with Gasteiger partial charge in [0.25, 0.3) is 0 Å². The van der Waals surface area contributed by atoms with Crippen LogP contribution in [-0.2, 0) is 0 Å². The molecule has 0 amide bonds. The molecule has 16 heavy (non-hydrogen) atoms. The standard InChI is InChI=1S/C12H15N3O/c13-7-9-5-6-10(8-15-9)16-12-4-2-1-3-11(12)14/h5-6,8,11-12H,1-4,14H2. The summed E-state index contributed by atoms with van der Waals surface area (Å²) in [4.78, 5) is 3.96. The maximum Gasteiger partial charge on any atom is 0.140 e. The Labute approximate surface area is 95.0 Å². The molecule has 84 valence electrons. The van der Waals surface area contributed by atoms with Gasteiger partial charge in [0.1, 0.15) is 23.6 Å². The molecule has 0 saturated heterocycles. The summed E-state index contributed by atoms with van der Waals surface area (Å²) >= 11 is 0. The van der Waals surface area contributed by atoms with Gasteiger partial charge in [-0.05, 0) is 31.4 Å². The Morgan fingerprint density at radius 3 is 2.81 bits per heavy atom. The molecular weight excluding hydrogens is 202 g/mol. The zero-order chi connectivity index (χ0) is 11.4. The molecule has 2 atom stereocenters. The van der Waals surface area contributed by atoms with Gasteiger partial charge in [0.05, 0.1) is 6.20 Å². The molecule has 1 aromatic rings. The highest BCUT2D eigenvalue weighted by atomic mass is 16.5. The number of rotatable bonds is 2. The summed E-state index contributed by atoms with van der Waals surface area (Å²) in [5.41, 5.74) is 6.39. The van der Waals surface area contributed by atoms with Crippen molar-refractivity contribution in [1.82, 2.24) is 4.98 Å². The largest absolute Gasteiger partial charge is 0.487 e. The summed E-state index contributed by atoms with van der Waals surface area (Å²) in [6, 6.07) is 5.52. The van der Waals surface area contributed by atoms with E-state index in [1.54, 1.807) is 18.3 Å². The van der Waals surface area contributed by atoms with Crippen molar-refractivity contribution in [3.8, 4) is 11.8 Å². The third-order valence-electron chi connectivity index (χ3n) is 2.89. The van der Waals surface area contributed by atoms with Crippen molar-refractivity contribution in [2.24, 2.45) is 5.73 Å². The second kappa shape index (κ2) is 4.95. The number of hydrogen-bond acceptors (Lipinski definition) is 4. The van der Waals surface area contributed by atoms with Crippen LogP contribution in [0.1, 0.15) is 31.4 Å². The van der Waals surface area contributed by atoms with Gasteiger partial charge < -0.3 is 10.5 Å². The van der Waals surface area contributed by atoms with Crippen LogP contribution < -0.4 is 10.5 Å². The van der Waals surface area contributed by atoms with Gasteiger partial charge in [0.2, 0.25) is 0 Å². The topological polar surface area (TPSA) is 71.9 Å². The van der Waals surface area contributed by atoms with Crippen LogP contribution in [0.3, 0.4) is 0 Å². The van der Waals surface area contributed by atoms with Crippen molar-refractivity contribution >= 4 is 0 Å². The van der Waals surface area contributed by atoms with E-state index in [9.17, 15) is 0 Å². The maximum atomic E-state index is 8.62. The fourth-order valence-electron chi connectivity index (χ4n) is 1.96. The number of pyridine rings is 1. The normalized spacial score (nSPS) is 24.8. The third-order valence-corrected chi connectivity index (χ3v) is 2.89. The first-order valence-corrected chi connectivity index (χ1v) is 5.58. The van der Waals surface area contributed by atoms with Crippen LogP contribution in [0.25, 0.3) is 0 Å². The molecule has 4 nitrogen and oxygen atoms in total. The van der Waals surface area contributed by atoms with Gasteiger partial charge in [-0.3, -0.25) is 0 Å². The van der Waals surface area contributed by atoms with Gasteiger partial charge in [-0.25, -0.2) is 4.98 Å². The van der Waals surface area contributed by atoms with Crippen LogP contribution in [0.15, 0.2) is 18.3 Å². The fraction of sp³-hybridized carbons (Fsp3) is 0.500. The molecule has 2 unspecified atom stereocenters. The van der Waals surface area contributed by atoms with Crippen molar-refractivity contribution in [2.75, 3.05) is 0 Å². The number of aromatic nitrogens is 1. The smallest absolute Gasteiger partial charge is 0.140 e. The molecule has 0 aliphatic heterocycles. The maximum absolute atomic E-state index is 8.62. The molecule has 0 spiro atoms. The van der Waals surface area contributed by atoms with E-state index < -0.39 is 0 Å².